The number of nitrogens with two attached hydrogens (primary N) is 2. The molecule has 1 saturated carbocycles. The summed E-state index contributed by atoms with van der Waals surface area (Å²) in [5, 5.41) is 10.2. The first-order valence-corrected chi connectivity index (χ1v) is 9.03. The van der Waals surface area contributed by atoms with Gasteiger partial charge in [0, 0.05) is 20.6 Å². The molecule has 1 aliphatic carbocycles. The van der Waals surface area contributed by atoms with Gasteiger partial charge in [0.15, 0.2) is 5.75 Å². The maximum atomic E-state index is 10.2. The van der Waals surface area contributed by atoms with E-state index in [0.717, 1.165) is 25.4 Å². The van der Waals surface area contributed by atoms with Gasteiger partial charge in [0.2, 0.25) is 0 Å². The molecule has 3 rings (SSSR count). The van der Waals surface area contributed by atoms with Crippen LogP contribution >= 0.6 is 27.7 Å². The fourth-order valence-corrected chi connectivity index (χ4v) is 4.31. The Morgan fingerprint density at radius 2 is 1.96 bits per heavy atom. The number of nitrogen functional groups attached to an aromatic ring is 1. The maximum Gasteiger partial charge on any atom is 0.152 e. The summed E-state index contributed by atoms with van der Waals surface area (Å²) in [7, 11) is 0. The highest BCUT2D eigenvalue weighted by molar-refractivity contribution is 9.10. The minimum atomic E-state index is 0.113. The Bertz CT molecular complexity index is 800. The number of hydrogen-bond acceptors (Lipinski definition) is 4. The van der Waals surface area contributed by atoms with Crippen molar-refractivity contribution in [3.05, 3.63) is 52.0 Å². The molecule has 0 amide bonds. The highest BCUT2D eigenvalue weighted by Crippen LogP contribution is 2.46. The second-order valence-corrected chi connectivity index (χ2v) is 7.93. The van der Waals surface area contributed by atoms with Crippen LogP contribution in [0.1, 0.15) is 35.4 Å². The first kappa shape index (κ1) is 16.3. The molecule has 0 saturated heterocycles. The Morgan fingerprint density at radius 3 is 2.57 bits per heavy atom. The molecule has 5 N–H and O–H groups in total. The molecule has 5 heteroatoms. The molecule has 23 heavy (non-hydrogen) atoms. The van der Waals surface area contributed by atoms with E-state index in [9.17, 15) is 5.11 Å². The maximum absolute atomic E-state index is 10.2. The van der Waals surface area contributed by atoms with E-state index in [1.54, 1.807) is 6.07 Å². The van der Waals surface area contributed by atoms with Gasteiger partial charge in [-0.2, -0.15) is 0 Å². The van der Waals surface area contributed by atoms with Crippen LogP contribution in [0.25, 0.3) is 5.70 Å². The SMILES string of the molecule is C=C(N)c1cc(C2CC2)cc(Sc2cc(Br)cc(N)c2O)c1C. The number of phenolic OH excluding ortho intramolecular Hbond substituents is 1. The second-order valence-electron chi connectivity index (χ2n) is 5.93. The molecule has 1 aliphatic rings. The number of halogens is 1. The van der Waals surface area contributed by atoms with Crippen LogP contribution in [0.3, 0.4) is 0 Å². The minimum Gasteiger partial charge on any atom is -0.505 e. The third-order valence-electron chi connectivity index (χ3n) is 4.07. The van der Waals surface area contributed by atoms with E-state index >= 15 is 0 Å². The lowest BCUT2D eigenvalue weighted by molar-refractivity contribution is 0.465. The van der Waals surface area contributed by atoms with Crippen molar-refractivity contribution >= 4 is 39.1 Å². The number of phenols is 1. The van der Waals surface area contributed by atoms with Gasteiger partial charge in [-0.25, -0.2) is 0 Å². The summed E-state index contributed by atoms with van der Waals surface area (Å²) < 4.78 is 0.842. The zero-order valence-electron chi connectivity index (χ0n) is 12.9. The topological polar surface area (TPSA) is 72.3 Å². The highest BCUT2D eigenvalue weighted by Gasteiger charge is 2.25. The van der Waals surface area contributed by atoms with E-state index in [0.29, 0.717) is 17.3 Å². The summed E-state index contributed by atoms with van der Waals surface area (Å²) in [5.41, 5.74) is 16.1. The van der Waals surface area contributed by atoms with Crippen molar-refractivity contribution in [2.24, 2.45) is 5.73 Å². The van der Waals surface area contributed by atoms with Gasteiger partial charge in [-0.05, 0) is 61.1 Å². The Kier molecular flexibility index (Phi) is 4.34. The van der Waals surface area contributed by atoms with Crippen LogP contribution in [0.15, 0.2) is 45.1 Å². The van der Waals surface area contributed by atoms with Gasteiger partial charge in [-0.15, -0.1) is 0 Å². The van der Waals surface area contributed by atoms with Crippen LogP contribution < -0.4 is 11.5 Å². The molecule has 0 aliphatic heterocycles. The Balaban J connectivity index is 2.07. The quantitative estimate of drug-likeness (QED) is 0.506. The third-order valence-corrected chi connectivity index (χ3v) is 5.70. The minimum absolute atomic E-state index is 0.113. The molecular weight excluding hydrogens is 372 g/mol. The Morgan fingerprint density at radius 1 is 1.26 bits per heavy atom. The van der Waals surface area contributed by atoms with Crippen LogP contribution in [-0.2, 0) is 0 Å². The third kappa shape index (κ3) is 3.35. The highest BCUT2D eigenvalue weighted by atomic mass is 79.9. The van der Waals surface area contributed by atoms with E-state index in [1.807, 2.05) is 13.0 Å². The van der Waals surface area contributed by atoms with Gasteiger partial charge >= 0.3 is 0 Å². The number of benzene rings is 2. The van der Waals surface area contributed by atoms with Crippen molar-refractivity contribution in [2.45, 2.75) is 35.5 Å². The lowest BCUT2D eigenvalue weighted by atomic mass is 10.0. The molecule has 120 valence electrons. The summed E-state index contributed by atoms with van der Waals surface area (Å²) in [6, 6.07) is 7.91. The van der Waals surface area contributed by atoms with Crippen LogP contribution in [0, 0.1) is 6.92 Å². The molecule has 2 aromatic rings. The van der Waals surface area contributed by atoms with E-state index in [4.69, 9.17) is 11.5 Å². The fraction of sp³-hybridized carbons (Fsp3) is 0.222. The predicted octanol–water partition coefficient (Wildman–Crippen LogP) is 5.00. The summed E-state index contributed by atoms with van der Waals surface area (Å²) in [6.45, 7) is 5.93. The standard InChI is InChI=1S/C18H19BrN2OS/c1-9-14(10(2)20)5-12(11-3-4-11)6-16(9)23-17-8-13(19)7-15(21)18(17)22/h5-8,11,22H,2-4,20-21H2,1H3. The molecule has 2 aromatic carbocycles. The van der Waals surface area contributed by atoms with Gasteiger partial charge < -0.3 is 16.6 Å². The summed E-state index contributed by atoms with van der Waals surface area (Å²) in [4.78, 5) is 1.80. The van der Waals surface area contributed by atoms with Crippen LogP contribution in [-0.4, -0.2) is 5.11 Å². The van der Waals surface area contributed by atoms with Gasteiger partial charge in [0.1, 0.15) is 0 Å². The molecular formula is C18H19BrN2OS. The lowest BCUT2D eigenvalue weighted by Crippen LogP contribution is -2.00. The van der Waals surface area contributed by atoms with Gasteiger partial charge in [-0.3, -0.25) is 0 Å². The number of hydrogen-bond donors (Lipinski definition) is 3. The van der Waals surface area contributed by atoms with Crippen molar-refractivity contribution in [3.63, 3.8) is 0 Å². The predicted molar refractivity (Wildman–Crippen MR) is 101 cm³/mol. The van der Waals surface area contributed by atoms with E-state index < -0.39 is 0 Å². The Labute approximate surface area is 148 Å². The zero-order chi connectivity index (χ0) is 16.7. The van der Waals surface area contributed by atoms with Crippen LogP contribution in [0.4, 0.5) is 5.69 Å². The first-order valence-electron chi connectivity index (χ1n) is 7.42. The second kappa shape index (κ2) is 6.13. The number of rotatable bonds is 4. The van der Waals surface area contributed by atoms with Crippen molar-refractivity contribution in [1.29, 1.82) is 0 Å². The molecule has 0 bridgehead atoms. The van der Waals surface area contributed by atoms with Crippen molar-refractivity contribution in [2.75, 3.05) is 5.73 Å². The summed E-state index contributed by atoms with van der Waals surface area (Å²) in [6.07, 6.45) is 2.44. The molecule has 0 radical (unpaired) electrons. The van der Waals surface area contributed by atoms with Gasteiger partial charge in [-0.1, -0.05) is 34.3 Å². The molecule has 0 atom stereocenters. The van der Waals surface area contributed by atoms with Gasteiger partial charge in [0.25, 0.3) is 0 Å². The van der Waals surface area contributed by atoms with Crippen molar-refractivity contribution in [1.82, 2.24) is 0 Å². The largest absolute Gasteiger partial charge is 0.505 e. The normalized spacial score (nSPS) is 14.0. The summed E-state index contributed by atoms with van der Waals surface area (Å²) >= 11 is 4.93. The van der Waals surface area contributed by atoms with Crippen molar-refractivity contribution < 1.29 is 5.11 Å². The van der Waals surface area contributed by atoms with Crippen LogP contribution in [0.2, 0.25) is 0 Å². The number of aromatic hydroxyl groups is 1. The average Bonchev–Trinajstić information content (AvgIpc) is 3.30. The zero-order valence-corrected chi connectivity index (χ0v) is 15.3. The van der Waals surface area contributed by atoms with Crippen molar-refractivity contribution in [3.8, 4) is 5.75 Å². The summed E-state index contributed by atoms with van der Waals surface area (Å²) in [5.74, 6) is 0.733. The van der Waals surface area contributed by atoms with E-state index in [1.165, 1.54) is 30.2 Å². The van der Waals surface area contributed by atoms with E-state index in [2.05, 4.69) is 34.6 Å². The molecule has 0 spiro atoms. The fourth-order valence-electron chi connectivity index (χ4n) is 2.59. The Hall–Kier alpha value is -1.59. The molecule has 0 heterocycles. The molecule has 0 unspecified atom stereocenters. The first-order chi connectivity index (χ1) is 10.9. The van der Waals surface area contributed by atoms with Gasteiger partial charge in [0.05, 0.1) is 10.6 Å². The van der Waals surface area contributed by atoms with E-state index in [-0.39, 0.29) is 5.75 Å². The average molecular weight is 391 g/mol. The van der Waals surface area contributed by atoms with Crippen LogP contribution in [0.5, 0.6) is 5.75 Å². The molecule has 3 nitrogen and oxygen atoms in total. The smallest absolute Gasteiger partial charge is 0.152 e. The molecule has 0 aromatic heterocycles. The number of anilines is 1. The molecule has 1 fully saturated rings. The lowest BCUT2D eigenvalue weighted by Gasteiger charge is -2.15. The monoisotopic (exact) mass is 390 g/mol.